The maximum atomic E-state index is 6.10. The number of halogens is 3. The predicted molar refractivity (Wildman–Crippen MR) is 83.3 cm³/mol. The largest absolute Gasteiger partial charge is 0.456 e. The molecule has 5 heteroatoms. The maximum absolute atomic E-state index is 6.10. The van der Waals surface area contributed by atoms with E-state index < -0.39 is 0 Å². The third kappa shape index (κ3) is 3.63. The first kappa shape index (κ1) is 14.7. The van der Waals surface area contributed by atoms with Crippen LogP contribution in [0.25, 0.3) is 0 Å². The Kier molecular flexibility index (Phi) is 4.74. The van der Waals surface area contributed by atoms with E-state index in [2.05, 4.69) is 15.9 Å². The van der Waals surface area contributed by atoms with Crippen molar-refractivity contribution in [3.63, 3.8) is 0 Å². The standard InChI is InChI=1S/C14H12BrCl2NO/c1-8(18)9-2-4-10(5-3-9)19-14-7-12(16)11(15)6-13(14)17/h2-8H,18H2,1H3. The van der Waals surface area contributed by atoms with Crippen LogP contribution in [0, 0.1) is 0 Å². The number of nitrogens with two attached hydrogens (primary N) is 1. The van der Waals surface area contributed by atoms with Crippen molar-refractivity contribution < 1.29 is 4.74 Å². The van der Waals surface area contributed by atoms with Gasteiger partial charge in [0.1, 0.15) is 11.5 Å². The smallest absolute Gasteiger partial charge is 0.147 e. The van der Waals surface area contributed by atoms with E-state index >= 15 is 0 Å². The summed E-state index contributed by atoms with van der Waals surface area (Å²) in [5, 5.41) is 1.04. The lowest BCUT2D eigenvalue weighted by atomic mass is 10.1. The van der Waals surface area contributed by atoms with Crippen LogP contribution in [0.4, 0.5) is 0 Å². The normalized spacial score (nSPS) is 12.3. The molecule has 2 N–H and O–H groups in total. The predicted octanol–water partition coefficient (Wildman–Crippen LogP) is 5.57. The van der Waals surface area contributed by atoms with Gasteiger partial charge in [-0.15, -0.1) is 0 Å². The van der Waals surface area contributed by atoms with Crippen molar-refractivity contribution in [2.24, 2.45) is 5.73 Å². The molecule has 0 fully saturated rings. The Bertz CT molecular complexity index is 585. The Balaban J connectivity index is 2.24. The fourth-order valence-corrected chi connectivity index (χ4v) is 2.38. The molecule has 0 aliphatic rings. The summed E-state index contributed by atoms with van der Waals surface area (Å²) in [5.74, 6) is 1.20. The molecule has 2 aromatic rings. The second-order valence-corrected chi connectivity index (χ2v) is 5.83. The Morgan fingerprint density at radius 3 is 2.32 bits per heavy atom. The van der Waals surface area contributed by atoms with Crippen molar-refractivity contribution in [2.45, 2.75) is 13.0 Å². The summed E-state index contributed by atoms with van der Waals surface area (Å²) in [6.45, 7) is 1.93. The molecule has 2 rings (SSSR count). The molecule has 0 aliphatic carbocycles. The van der Waals surface area contributed by atoms with Crippen LogP contribution in [0.15, 0.2) is 40.9 Å². The molecule has 0 radical (unpaired) electrons. The van der Waals surface area contributed by atoms with Crippen molar-refractivity contribution in [3.05, 3.63) is 56.5 Å². The van der Waals surface area contributed by atoms with E-state index in [-0.39, 0.29) is 6.04 Å². The summed E-state index contributed by atoms with van der Waals surface area (Å²) in [7, 11) is 0. The van der Waals surface area contributed by atoms with E-state index in [1.54, 1.807) is 12.1 Å². The quantitative estimate of drug-likeness (QED) is 0.726. The van der Waals surface area contributed by atoms with Gasteiger partial charge in [-0.2, -0.15) is 0 Å². The first-order valence-corrected chi connectivity index (χ1v) is 7.20. The van der Waals surface area contributed by atoms with Gasteiger partial charge in [-0.3, -0.25) is 0 Å². The van der Waals surface area contributed by atoms with Gasteiger partial charge in [-0.1, -0.05) is 35.3 Å². The first-order chi connectivity index (χ1) is 8.97. The van der Waals surface area contributed by atoms with E-state index in [1.807, 2.05) is 31.2 Å². The van der Waals surface area contributed by atoms with Gasteiger partial charge in [0, 0.05) is 16.6 Å². The molecule has 2 aromatic carbocycles. The molecule has 1 atom stereocenters. The second kappa shape index (κ2) is 6.14. The minimum absolute atomic E-state index is 0.000219. The number of benzene rings is 2. The fraction of sp³-hybridized carbons (Fsp3) is 0.143. The molecule has 100 valence electrons. The van der Waals surface area contributed by atoms with Gasteiger partial charge in [0.25, 0.3) is 0 Å². The zero-order valence-corrected chi connectivity index (χ0v) is 13.3. The third-order valence-electron chi connectivity index (χ3n) is 2.61. The molecular formula is C14H12BrCl2NO. The van der Waals surface area contributed by atoms with Gasteiger partial charge in [0.2, 0.25) is 0 Å². The molecule has 0 spiro atoms. The van der Waals surface area contributed by atoms with Gasteiger partial charge in [0.15, 0.2) is 0 Å². The highest BCUT2D eigenvalue weighted by Crippen LogP contribution is 2.36. The van der Waals surface area contributed by atoms with Crippen LogP contribution in [0.5, 0.6) is 11.5 Å². The van der Waals surface area contributed by atoms with Gasteiger partial charge < -0.3 is 10.5 Å². The van der Waals surface area contributed by atoms with E-state index in [0.29, 0.717) is 21.5 Å². The molecule has 0 bridgehead atoms. The van der Waals surface area contributed by atoms with Crippen LogP contribution >= 0.6 is 39.1 Å². The van der Waals surface area contributed by atoms with Crippen molar-refractivity contribution in [1.29, 1.82) is 0 Å². The number of hydrogen-bond acceptors (Lipinski definition) is 2. The Morgan fingerprint density at radius 1 is 1.11 bits per heavy atom. The summed E-state index contributed by atoms with van der Waals surface area (Å²) in [4.78, 5) is 0. The van der Waals surface area contributed by atoms with Crippen LogP contribution in [0.3, 0.4) is 0 Å². The lowest BCUT2D eigenvalue weighted by molar-refractivity contribution is 0.482. The maximum Gasteiger partial charge on any atom is 0.147 e. The minimum Gasteiger partial charge on any atom is -0.456 e. The summed E-state index contributed by atoms with van der Waals surface area (Å²) in [6.07, 6.45) is 0. The Hall–Kier alpha value is -0.740. The van der Waals surface area contributed by atoms with E-state index in [1.165, 1.54) is 0 Å². The molecular weight excluding hydrogens is 349 g/mol. The van der Waals surface area contributed by atoms with Crippen LogP contribution in [-0.4, -0.2) is 0 Å². The Morgan fingerprint density at radius 2 is 1.74 bits per heavy atom. The minimum atomic E-state index is -0.000219. The van der Waals surface area contributed by atoms with E-state index in [0.717, 1.165) is 10.0 Å². The van der Waals surface area contributed by atoms with Crippen molar-refractivity contribution in [2.75, 3.05) is 0 Å². The number of ether oxygens (including phenoxy) is 1. The van der Waals surface area contributed by atoms with Crippen LogP contribution in [-0.2, 0) is 0 Å². The third-order valence-corrected chi connectivity index (χ3v) is 4.10. The fourth-order valence-electron chi connectivity index (χ4n) is 1.55. The van der Waals surface area contributed by atoms with Crippen molar-refractivity contribution in [1.82, 2.24) is 0 Å². The molecule has 2 nitrogen and oxygen atoms in total. The first-order valence-electron chi connectivity index (χ1n) is 5.65. The molecule has 19 heavy (non-hydrogen) atoms. The Labute approximate surface area is 130 Å². The lowest BCUT2D eigenvalue weighted by Crippen LogP contribution is -2.04. The molecule has 0 aliphatic heterocycles. The average molecular weight is 361 g/mol. The van der Waals surface area contributed by atoms with Gasteiger partial charge in [-0.05, 0) is 46.6 Å². The van der Waals surface area contributed by atoms with E-state index in [4.69, 9.17) is 33.7 Å². The highest BCUT2D eigenvalue weighted by Gasteiger charge is 2.08. The van der Waals surface area contributed by atoms with Crippen LogP contribution in [0.2, 0.25) is 10.0 Å². The lowest BCUT2D eigenvalue weighted by Gasteiger charge is -2.10. The summed E-state index contributed by atoms with van der Waals surface area (Å²) >= 11 is 15.4. The van der Waals surface area contributed by atoms with Gasteiger partial charge >= 0.3 is 0 Å². The van der Waals surface area contributed by atoms with Crippen molar-refractivity contribution in [3.8, 4) is 11.5 Å². The van der Waals surface area contributed by atoms with Crippen molar-refractivity contribution >= 4 is 39.1 Å². The molecule has 1 unspecified atom stereocenters. The highest BCUT2D eigenvalue weighted by molar-refractivity contribution is 9.10. The molecule has 0 amide bonds. The monoisotopic (exact) mass is 359 g/mol. The summed E-state index contributed by atoms with van der Waals surface area (Å²) in [5.41, 5.74) is 6.84. The zero-order chi connectivity index (χ0) is 14.0. The highest BCUT2D eigenvalue weighted by atomic mass is 79.9. The SMILES string of the molecule is CC(N)c1ccc(Oc2cc(Cl)c(Br)cc2Cl)cc1. The second-order valence-electron chi connectivity index (χ2n) is 4.16. The van der Waals surface area contributed by atoms with Gasteiger partial charge in [-0.25, -0.2) is 0 Å². The number of rotatable bonds is 3. The number of hydrogen-bond donors (Lipinski definition) is 1. The van der Waals surface area contributed by atoms with Crippen LogP contribution < -0.4 is 10.5 Å². The van der Waals surface area contributed by atoms with Crippen LogP contribution in [0.1, 0.15) is 18.5 Å². The van der Waals surface area contributed by atoms with Gasteiger partial charge in [0.05, 0.1) is 10.0 Å². The zero-order valence-electron chi connectivity index (χ0n) is 10.2. The molecule has 0 heterocycles. The molecule has 0 saturated carbocycles. The van der Waals surface area contributed by atoms with E-state index in [9.17, 15) is 0 Å². The molecule has 0 saturated heterocycles. The summed E-state index contributed by atoms with van der Waals surface area (Å²) < 4.78 is 6.44. The summed E-state index contributed by atoms with van der Waals surface area (Å²) in [6, 6.07) is 10.9. The average Bonchev–Trinajstić information content (AvgIpc) is 2.36. The molecule has 0 aromatic heterocycles. The topological polar surface area (TPSA) is 35.2 Å².